The maximum absolute atomic E-state index is 13.3. The fourth-order valence-electron chi connectivity index (χ4n) is 4.10. The molecule has 32 heavy (non-hydrogen) atoms. The molecule has 5 rings (SSSR count). The van der Waals surface area contributed by atoms with E-state index < -0.39 is 0 Å². The molecule has 1 N–H and O–H groups in total. The summed E-state index contributed by atoms with van der Waals surface area (Å²) in [6.07, 6.45) is 3.76. The summed E-state index contributed by atoms with van der Waals surface area (Å²) in [6.45, 7) is 3.40. The Hall–Kier alpha value is -2.68. The molecule has 1 aliphatic heterocycles. The number of ether oxygens (including phenoxy) is 1. The number of carbonyl (C=O) groups is 1. The van der Waals surface area contributed by atoms with Gasteiger partial charge in [-0.05, 0) is 43.2 Å². The number of pyridine rings is 1. The maximum Gasteiger partial charge on any atom is 0.182 e. The SMILES string of the molecule is C[C@H](Nc1ncnc2scnc12)c1cc2cccc(Cl)c2c(C(=O)CC2CCOCC2)n1. The second-order valence-corrected chi connectivity index (χ2v) is 9.25. The molecule has 0 radical (unpaired) electrons. The molecule has 164 valence electrons. The Kier molecular flexibility index (Phi) is 5.99. The van der Waals surface area contributed by atoms with Crippen LogP contribution in [0.3, 0.4) is 0 Å². The number of nitrogens with one attached hydrogen (secondary N) is 1. The lowest BCUT2D eigenvalue weighted by Crippen LogP contribution is -2.20. The van der Waals surface area contributed by atoms with Gasteiger partial charge in [0.2, 0.25) is 0 Å². The van der Waals surface area contributed by atoms with Crippen LogP contribution in [0.4, 0.5) is 5.82 Å². The van der Waals surface area contributed by atoms with Gasteiger partial charge in [-0.2, -0.15) is 0 Å². The van der Waals surface area contributed by atoms with Crippen molar-refractivity contribution < 1.29 is 9.53 Å². The van der Waals surface area contributed by atoms with Crippen molar-refractivity contribution in [3.8, 4) is 0 Å². The number of Topliss-reactive ketones (excluding diaryl/α,β-unsaturated/α-hetero) is 1. The van der Waals surface area contributed by atoms with Crippen LogP contribution in [0.15, 0.2) is 36.1 Å². The van der Waals surface area contributed by atoms with E-state index in [9.17, 15) is 4.79 Å². The quantitative estimate of drug-likeness (QED) is 0.376. The first-order chi connectivity index (χ1) is 15.6. The molecule has 1 aromatic carbocycles. The van der Waals surface area contributed by atoms with Crippen molar-refractivity contribution >= 4 is 55.7 Å². The van der Waals surface area contributed by atoms with Gasteiger partial charge in [0.15, 0.2) is 11.6 Å². The van der Waals surface area contributed by atoms with Crippen LogP contribution < -0.4 is 5.32 Å². The number of nitrogens with zero attached hydrogens (tertiary/aromatic N) is 4. The van der Waals surface area contributed by atoms with Gasteiger partial charge in [-0.3, -0.25) is 4.79 Å². The highest BCUT2D eigenvalue weighted by atomic mass is 35.5. The molecule has 1 fully saturated rings. The predicted molar refractivity (Wildman–Crippen MR) is 126 cm³/mol. The van der Waals surface area contributed by atoms with Gasteiger partial charge in [0.25, 0.3) is 0 Å². The molecule has 9 heteroatoms. The molecule has 0 amide bonds. The van der Waals surface area contributed by atoms with E-state index in [0.29, 0.717) is 47.5 Å². The van der Waals surface area contributed by atoms with Crippen molar-refractivity contribution in [2.24, 2.45) is 5.92 Å². The molecule has 1 atom stereocenters. The highest BCUT2D eigenvalue weighted by Gasteiger charge is 2.23. The monoisotopic (exact) mass is 467 g/mol. The summed E-state index contributed by atoms with van der Waals surface area (Å²) in [4.78, 5) is 31.9. The second kappa shape index (κ2) is 9.05. The molecular formula is C23H22ClN5O2S. The average Bonchev–Trinajstić information content (AvgIpc) is 3.29. The highest BCUT2D eigenvalue weighted by molar-refractivity contribution is 7.16. The molecule has 4 heterocycles. The first kappa shape index (κ1) is 21.2. The van der Waals surface area contributed by atoms with Crippen molar-refractivity contribution in [3.63, 3.8) is 0 Å². The number of fused-ring (bicyclic) bond motifs is 2. The fraction of sp³-hybridized carbons (Fsp3) is 0.348. The number of ketones is 1. The summed E-state index contributed by atoms with van der Waals surface area (Å²) >= 11 is 7.98. The number of aromatic nitrogens is 4. The molecule has 0 saturated carbocycles. The molecule has 1 aliphatic rings. The molecule has 0 spiro atoms. The maximum atomic E-state index is 13.3. The van der Waals surface area contributed by atoms with Gasteiger partial charge in [-0.25, -0.2) is 19.9 Å². The van der Waals surface area contributed by atoms with Crippen LogP contribution in [-0.2, 0) is 4.74 Å². The Morgan fingerprint density at radius 2 is 2.12 bits per heavy atom. The van der Waals surface area contributed by atoms with Gasteiger partial charge >= 0.3 is 0 Å². The molecule has 0 bridgehead atoms. The van der Waals surface area contributed by atoms with Crippen LogP contribution in [0.25, 0.3) is 21.1 Å². The van der Waals surface area contributed by atoms with Gasteiger partial charge in [-0.15, -0.1) is 11.3 Å². The zero-order valence-corrected chi connectivity index (χ0v) is 19.1. The van der Waals surface area contributed by atoms with Gasteiger partial charge in [0.1, 0.15) is 22.4 Å². The van der Waals surface area contributed by atoms with Crippen molar-refractivity contribution in [2.75, 3.05) is 18.5 Å². The lowest BCUT2D eigenvalue weighted by molar-refractivity contribution is 0.0600. The van der Waals surface area contributed by atoms with Crippen LogP contribution in [-0.4, -0.2) is 38.9 Å². The number of carbonyl (C=O) groups excluding carboxylic acids is 1. The molecule has 1 saturated heterocycles. The standard InChI is InChI=1S/C23H22ClN5O2S/c1-13(28-22-21-23(26-11-25-22)32-12-27-21)17-10-15-3-2-4-16(24)19(15)20(29-17)18(30)9-14-5-7-31-8-6-14/h2-4,10-14H,5-9H2,1H3,(H,25,26,28)/t13-/m0/s1. The zero-order valence-electron chi connectivity index (χ0n) is 17.5. The Morgan fingerprint density at radius 1 is 1.28 bits per heavy atom. The number of hydrogen-bond acceptors (Lipinski definition) is 8. The molecular weight excluding hydrogens is 446 g/mol. The normalized spacial score (nSPS) is 15.8. The minimum atomic E-state index is -0.201. The van der Waals surface area contributed by atoms with Crippen molar-refractivity contribution in [1.29, 1.82) is 0 Å². The predicted octanol–water partition coefficient (Wildman–Crippen LogP) is 5.46. The smallest absolute Gasteiger partial charge is 0.182 e. The van der Waals surface area contributed by atoms with Crippen LogP contribution in [0.5, 0.6) is 0 Å². The van der Waals surface area contributed by atoms with E-state index in [2.05, 4.69) is 20.3 Å². The average molecular weight is 468 g/mol. The van der Waals surface area contributed by atoms with Crippen molar-refractivity contribution in [3.05, 3.63) is 52.5 Å². The highest BCUT2D eigenvalue weighted by Crippen LogP contribution is 2.32. The molecule has 0 aliphatic carbocycles. The van der Waals surface area contributed by atoms with Gasteiger partial charge in [-0.1, -0.05) is 23.7 Å². The first-order valence-corrected chi connectivity index (χ1v) is 11.9. The minimum Gasteiger partial charge on any atom is -0.381 e. The number of hydrogen-bond donors (Lipinski definition) is 1. The summed E-state index contributed by atoms with van der Waals surface area (Å²) < 4.78 is 5.44. The molecule has 3 aromatic heterocycles. The number of anilines is 1. The van der Waals surface area contributed by atoms with E-state index in [-0.39, 0.29) is 11.8 Å². The third-order valence-corrected chi connectivity index (χ3v) is 6.89. The van der Waals surface area contributed by atoms with Crippen LogP contribution in [0.1, 0.15) is 48.4 Å². The second-order valence-electron chi connectivity index (χ2n) is 8.01. The Balaban J connectivity index is 1.50. The van der Waals surface area contributed by atoms with E-state index in [1.54, 1.807) is 11.6 Å². The van der Waals surface area contributed by atoms with E-state index in [1.807, 2.05) is 25.1 Å². The summed E-state index contributed by atoms with van der Waals surface area (Å²) in [6, 6.07) is 7.44. The summed E-state index contributed by atoms with van der Waals surface area (Å²) in [7, 11) is 0. The lowest BCUT2D eigenvalue weighted by Gasteiger charge is -2.22. The third-order valence-electron chi connectivity index (χ3n) is 5.84. The van der Waals surface area contributed by atoms with Gasteiger partial charge in [0.05, 0.1) is 22.3 Å². The first-order valence-electron chi connectivity index (χ1n) is 10.6. The van der Waals surface area contributed by atoms with E-state index in [0.717, 1.165) is 34.3 Å². The fourth-order valence-corrected chi connectivity index (χ4v) is 5.00. The van der Waals surface area contributed by atoms with Crippen LogP contribution in [0, 0.1) is 5.92 Å². The van der Waals surface area contributed by atoms with Crippen molar-refractivity contribution in [2.45, 2.75) is 32.2 Å². The topological polar surface area (TPSA) is 89.9 Å². The molecule has 0 unspecified atom stereocenters. The number of benzene rings is 1. The molecule has 7 nitrogen and oxygen atoms in total. The number of rotatable bonds is 6. The van der Waals surface area contributed by atoms with E-state index in [1.165, 1.54) is 17.7 Å². The third kappa shape index (κ3) is 4.18. The lowest BCUT2D eigenvalue weighted by atomic mass is 9.92. The molecule has 4 aromatic rings. The van der Waals surface area contributed by atoms with E-state index in [4.69, 9.17) is 21.3 Å². The Labute approximate surface area is 194 Å². The van der Waals surface area contributed by atoms with Crippen LogP contribution >= 0.6 is 22.9 Å². The summed E-state index contributed by atoms with van der Waals surface area (Å²) in [5, 5.41) is 5.53. The Morgan fingerprint density at radius 3 is 2.97 bits per heavy atom. The van der Waals surface area contributed by atoms with Crippen molar-refractivity contribution in [1.82, 2.24) is 19.9 Å². The Bertz CT molecular complexity index is 1290. The largest absolute Gasteiger partial charge is 0.381 e. The minimum absolute atomic E-state index is 0.0213. The van der Waals surface area contributed by atoms with Gasteiger partial charge < -0.3 is 10.1 Å². The van der Waals surface area contributed by atoms with Gasteiger partial charge in [0, 0.05) is 25.0 Å². The number of halogens is 1. The van der Waals surface area contributed by atoms with Crippen LogP contribution in [0.2, 0.25) is 5.02 Å². The van der Waals surface area contributed by atoms with E-state index >= 15 is 0 Å². The summed E-state index contributed by atoms with van der Waals surface area (Å²) in [5.41, 5.74) is 3.66. The number of thiazole rings is 1. The summed E-state index contributed by atoms with van der Waals surface area (Å²) in [5.74, 6) is 0.980. The zero-order chi connectivity index (χ0) is 22.1.